The van der Waals surface area contributed by atoms with E-state index < -0.39 is 12.0 Å². The van der Waals surface area contributed by atoms with E-state index >= 15 is 0 Å². The molecule has 0 saturated heterocycles. The number of alkyl carbamates (subject to hydrolysis) is 1. The van der Waals surface area contributed by atoms with Crippen molar-refractivity contribution < 1.29 is 19.1 Å². The summed E-state index contributed by atoms with van der Waals surface area (Å²) in [6.45, 7) is 7.63. The summed E-state index contributed by atoms with van der Waals surface area (Å²) >= 11 is 1.44. The summed E-state index contributed by atoms with van der Waals surface area (Å²) in [6.07, 6.45) is 1.88. The van der Waals surface area contributed by atoms with Crippen LogP contribution in [0.15, 0.2) is 0 Å². The lowest BCUT2D eigenvalue weighted by molar-refractivity contribution is -0.118. The molecule has 2 N–H and O–H groups in total. The Morgan fingerprint density at radius 1 is 1.33 bits per heavy atom. The van der Waals surface area contributed by atoms with E-state index in [1.807, 2.05) is 0 Å². The van der Waals surface area contributed by atoms with Gasteiger partial charge >= 0.3 is 6.09 Å². The number of ether oxygens (including phenoxy) is 1. The van der Waals surface area contributed by atoms with E-state index in [0.29, 0.717) is 16.5 Å². The third-order valence-corrected chi connectivity index (χ3v) is 5.16. The van der Waals surface area contributed by atoms with E-state index in [9.17, 15) is 14.4 Å². The molecule has 1 aromatic heterocycles. The molecule has 0 spiro atoms. The first-order chi connectivity index (χ1) is 11.3. The molecule has 6 nitrogen and oxygen atoms in total. The number of hydrogen-bond acceptors (Lipinski definition) is 5. The minimum absolute atomic E-state index is 0.146. The van der Waals surface area contributed by atoms with E-state index in [2.05, 4.69) is 17.6 Å². The van der Waals surface area contributed by atoms with Crippen LogP contribution in [0.5, 0.6) is 0 Å². The Bertz CT molecular complexity index is 651. The van der Waals surface area contributed by atoms with Crippen LogP contribution in [0.4, 0.5) is 9.80 Å². The molecule has 1 heterocycles. The summed E-state index contributed by atoms with van der Waals surface area (Å²) in [5.74, 6) is -0.304. The topological polar surface area (TPSA) is 84.5 Å². The number of carbonyl (C=O) groups is 3. The second kappa shape index (κ2) is 7.79. The van der Waals surface area contributed by atoms with Crippen LogP contribution in [0, 0.1) is 11.8 Å². The number of thiophene rings is 1. The third kappa shape index (κ3) is 4.14. The fourth-order valence-electron chi connectivity index (χ4n) is 2.66. The lowest BCUT2D eigenvalue weighted by atomic mass is 9.88. The Balaban J connectivity index is 2.33. The lowest BCUT2D eigenvalue weighted by Crippen LogP contribution is -2.32. The molecular formula is C17H24N2O4S. The first-order valence-corrected chi connectivity index (χ1v) is 9.08. The van der Waals surface area contributed by atoms with Gasteiger partial charge in [-0.05, 0) is 37.7 Å². The highest BCUT2D eigenvalue weighted by atomic mass is 32.1. The maximum absolute atomic E-state index is 12.6. The Morgan fingerprint density at radius 3 is 2.67 bits per heavy atom. The minimum Gasteiger partial charge on any atom is -0.450 e. The quantitative estimate of drug-likeness (QED) is 0.870. The summed E-state index contributed by atoms with van der Waals surface area (Å²) in [6, 6.07) is 0. The standard InChI is InChI=1S/C17H24N2O4S/c1-5-23-17(22)19-15(21)13-11-7-6-10(4)8-12(11)24-16(13)18-14(20)9(2)3/h9-10H,5-8H2,1-4H3,(H,18,20)(H,19,21,22)/t10-/m1/s1. The normalized spacial score (nSPS) is 16.5. The van der Waals surface area contributed by atoms with Crippen LogP contribution in [0.2, 0.25) is 0 Å². The van der Waals surface area contributed by atoms with Crippen LogP contribution in [-0.2, 0) is 22.4 Å². The van der Waals surface area contributed by atoms with Crippen LogP contribution in [0.3, 0.4) is 0 Å². The molecule has 1 aliphatic carbocycles. The van der Waals surface area contributed by atoms with Crippen LogP contribution in [-0.4, -0.2) is 24.5 Å². The Hall–Kier alpha value is -1.89. The van der Waals surface area contributed by atoms with Crippen molar-refractivity contribution in [2.24, 2.45) is 11.8 Å². The first-order valence-electron chi connectivity index (χ1n) is 8.26. The molecule has 0 fully saturated rings. The van der Waals surface area contributed by atoms with Crippen molar-refractivity contribution in [3.8, 4) is 0 Å². The first kappa shape index (κ1) is 18.4. The lowest BCUT2D eigenvalue weighted by Gasteiger charge is -2.18. The Labute approximate surface area is 146 Å². The molecule has 1 atom stereocenters. The molecule has 2 rings (SSSR count). The average Bonchev–Trinajstić information content (AvgIpc) is 2.83. The maximum atomic E-state index is 12.6. The number of imide groups is 1. The van der Waals surface area contributed by atoms with Crippen LogP contribution < -0.4 is 10.6 Å². The van der Waals surface area contributed by atoms with Crippen LogP contribution in [0.25, 0.3) is 0 Å². The average molecular weight is 352 g/mol. The minimum atomic E-state index is -0.771. The summed E-state index contributed by atoms with van der Waals surface area (Å²) in [7, 11) is 0. The highest BCUT2D eigenvalue weighted by Gasteiger charge is 2.29. The number of anilines is 1. The van der Waals surface area contributed by atoms with E-state index in [0.717, 1.165) is 29.7 Å². The predicted octanol–water partition coefficient (Wildman–Crippen LogP) is 3.35. The number of hydrogen-bond donors (Lipinski definition) is 2. The fourth-order valence-corrected chi connectivity index (χ4v) is 4.07. The van der Waals surface area contributed by atoms with E-state index in [4.69, 9.17) is 4.74 Å². The molecule has 0 radical (unpaired) electrons. The van der Waals surface area contributed by atoms with Gasteiger partial charge in [0.25, 0.3) is 5.91 Å². The van der Waals surface area contributed by atoms with E-state index in [1.54, 1.807) is 20.8 Å². The van der Waals surface area contributed by atoms with Crippen molar-refractivity contribution in [1.82, 2.24) is 5.32 Å². The van der Waals surface area contributed by atoms with Crippen molar-refractivity contribution in [2.45, 2.75) is 47.0 Å². The number of nitrogens with one attached hydrogen (secondary N) is 2. The van der Waals surface area contributed by atoms with Gasteiger partial charge < -0.3 is 10.1 Å². The van der Waals surface area contributed by atoms with Crippen molar-refractivity contribution in [3.63, 3.8) is 0 Å². The maximum Gasteiger partial charge on any atom is 0.414 e. The molecule has 0 bridgehead atoms. The summed E-state index contributed by atoms with van der Waals surface area (Å²) in [5.41, 5.74) is 1.35. The van der Waals surface area contributed by atoms with Gasteiger partial charge in [-0.25, -0.2) is 4.79 Å². The van der Waals surface area contributed by atoms with Gasteiger partial charge in [0.2, 0.25) is 5.91 Å². The molecule has 0 aliphatic heterocycles. The largest absolute Gasteiger partial charge is 0.450 e. The van der Waals surface area contributed by atoms with Gasteiger partial charge in [-0.1, -0.05) is 20.8 Å². The summed E-state index contributed by atoms with van der Waals surface area (Å²) in [4.78, 5) is 37.3. The van der Waals surface area contributed by atoms with Crippen molar-refractivity contribution >= 4 is 34.2 Å². The Kier molecular flexibility index (Phi) is 5.99. The molecular weight excluding hydrogens is 328 g/mol. The zero-order valence-electron chi connectivity index (χ0n) is 14.5. The van der Waals surface area contributed by atoms with Gasteiger partial charge in [0.15, 0.2) is 0 Å². The molecule has 0 unspecified atom stereocenters. The van der Waals surface area contributed by atoms with Gasteiger partial charge in [-0.15, -0.1) is 11.3 Å². The van der Waals surface area contributed by atoms with Gasteiger partial charge in [0.05, 0.1) is 12.2 Å². The Morgan fingerprint density at radius 2 is 2.04 bits per heavy atom. The second-order valence-corrected chi connectivity index (χ2v) is 7.48. The van der Waals surface area contributed by atoms with Crippen LogP contribution in [0.1, 0.15) is 54.9 Å². The van der Waals surface area contributed by atoms with E-state index in [1.165, 1.54) is 11.3 Å². The highest BCUT2D eigenvalue weighted by Crippen LogP contribution is 2.39. The molecule has 1 aliphatic rings. The van der Waals surface area contributed by atoms with Crippen molar-refractivity contribution in [3.05, 3.63) is 16.0 Å². The second-order valence-electron chi connectivity index (χ2n) is 6.37. The van der Waals surface area contributed by atoms with E-state index in [-0.39, 0.29) is 18.4 Å². The van der Waals surface area contributed by atoms with Crippen molar-refractivity contribution in [1.29, 1.82) is 0 Å². The number of amides is 3. The summed E-state index contributed by atoms with van der Waals surface area (Å²) < 4.78 is 4.78. The highest BCUT2D eigenvalue weighted by molar-refractivity contribution is 7.17. The van der Waals surface area contributed by atoms with Gasteiger partial charge in [0, 0.05) is 10.8 Å². The molecule has 0 saturated carbocycles. The smallest absolute Gasteiger partial charge is 0.414 e. The fraction of sp³-hybridized carbons (Fsp3) is 0.588. The predicted molar refractivity (Wildman–Crippen MR) is 93.5 cm³/mol. The van der Waals surface area contributed by atoms with Crippen molar-refractivity contribution in [2.75, 3.05) is 11.9 Å². The number of fused-ring (bicyclic) bond motifs is 1. The molecule has 0 aromatic carbocycles. The molecule has 7 heteroatoms. The third-order valence-electron chi connectivity index (χ3n) is 3.99. The zero-order chi connectivity index (χ0) is 17.9. The van der Waals surface area contributed by atoms with Gasteiger partial charge in [-0.3, -0.25) is 14.9 Å². The SMILES string of the molecule is CCOC(=O)NC(=O)c1c(NC(=O)C(C)C)sc2c1CC[C@@H](C)C2. The molecule has 132 valence electrons. The number of carbonyl (C=O) groups excluding carboxylic acids is 3. The van der Waals surface area contributed by atoms with Crippen LogP contribution >= 0.6 is 11.3 Å². The van der Waals surface area contributed by atoms with Gasteiger partial charge in [-0.2, -0.15) is 0 Å². The summed E-state index contributed by atoms with van der Waals surface area (Å²) in [5, 5.41) is 5.60. The molecule has 24 heavy (non-hydrogen) atoms. The molecule has 3 amide bonds. The zero-order valence-corrected chi connectivity index (χ0v) is 15.3. The van der Waals surface area contributed by atoms with Gasteiger partial charge in [0.1, 0.15) is 5.00 Å². The number of rotatable bonds is 4. The monoisotopic (exact) mass is 352 g/mol. The molecule has 1 aromatic rings.